The highest BCUT2D eigenvalue weighted by Crippen LogP contribution is 2.25. The lowest BCUT2D eigenvalue weighted by Gasteiger charge is -2.12. The third kappa shape index (κ3) is 3.75. The molecule has 2 aromatic heterocycles. The third-order valence-corrected chi connectivity index (χ3v) is 3.80. The van der Waals surface area contributed by atoms with Crippen molar-refractivity contribution in [1.29, 1.82) is 0 Å². The number of anilines is 1. The van der Waals surface area contributed by atoms with Crippen LogP contribution in [-0.4, -0.2) is 45.5 Å². The number of benzene rings is 1. The van der Waals surface area contributed by atoms with Crippen LogP contribution in [0.4, 0.5) is 5.95 Å². The maximum atomic E-state index is 9.05. The molecule has 25 heavy (non-hydrogen) atoms. The van der Waals surface area contributed by atoms with E-state index in [1.54, 1.807) is 24.8 Å². The molecule has 0 aliphatic carbocycles. The Kier molecular flexibility index (Phi) is 5.20. The smallest absolute Gasteiger partial charge is 0.227 e. The predicted molar refractivity (Wildman–Crippen MR) is 93.5 cm³/mol. The fraction of sp³-hybridized carbons (Fsp3) is 0.312. The Bertz CT molecular complexity index is 884. The van der Waals surface area contributed by atoms with Crippen LogP contribution < -0.4 is 14.8 Å². The normalized spacial score (nSPS) is 10.9. The van der Waals surface area contributed by atoms with Gasteiger partial charge in [0.2, 0.25) is 5.95 Å². The van der Waals surface area contributed by atoms with Gasteiger partial charge in [-0.15, -0.1) is 5.10 Å². The lowest BCUT2D eigenvalue weighted by atomic mass is 10.2. The third-order valence-electron chi connectivity index (χ3n) is 3.60. The molecule has 0 unspecified atom stereocenters. The summed E-state index contributed by atoms with van der Waals surface area (Å²) in [6.45, 7) is 0.425. The first kappa shape index (κ1) is 17.2. The summed E-state index contributed by atoms with van der Waals surface area (Å²) in [5.41, 5.74) is 1.49. The van der Waals surface area contributed by atoms with E-state index >= 15 is 0 Å². The monoisotopic (exact) mass is 363 g/mol. The number of methoxy groups -OCH3 is 2. The van der Waals surface area contributed by atoms with Crippen molar-refractivity contribution < 1.29 is 14.6 Å². The molecule has 3 rings (SSSR count). The maximum Gasteiger partial charge on any atom is 0.227 e. The lowest BCUT2D eigenvalue weighted by molar-refractivity contribution is 0.296. The van der Waals surface area contributed by atoms with E-state index in [0.29, 0.717) is 47.0 Å². The molecule has 0 saturated carbocycles. The molecule has 0 aliphatic rings. The number of aliphatic hydroxyl groups excluding tert-OH is 1. The second-order valence-corrected chi connectivity index (χ2v) is 5.59. The molecule has 2 N–H and O–H groups in total. The zero-order valence-corrected chi connectivity index (χ0v) is 14.6. The molecule has 0 bridgehead atoms. The summed E-state index contributed by atoms with van der Waals surface area (Å²) in [4.78, 5) is 8.59. The van der Waals surface area contributed by atoms with Crippen molar-refractivity contribution in [3.05, 3.63) is 40.8 Å². The van der Waals surface area contributed by atoms with Crippen LogP contribution in [0, 0.1) is 0 Å². The molecule has 1 aromatic carbocycles. The molecule has 0 saturated heterocycles. The minimum absolute atomic E-state index is 0.0240. The Morgan fingerprint density at radius 1 is 1.20 bits per heavy atom. The zero-order valence-electron chi connectivity index (χ0n) is 13.9. The molecule has 0 fully saturated rings. The van der Waals surface area contributed by atoms with Gasteiger partial charge in [-0.3, -0.25) is 0 Å². The van der Waals surface area contributed by atoms with E-state index in [-0.39, 0.29) is 6.61 Å². The van der Waals surface area contributed by atoms with Gasteiger partial charge in [0.05, 0.1) is 20.8 Å². The van der Waals surface area contributed by atoms with Gasteiger partial charge in [-0.05, 0) is 12.1 Å². The summed E-state index contributed by atoms with van der Waals surface area (Å²) < 4.78 is 12.2. The number of aliphatic hydroxyl groups is 1. The molecule has 3 aromatic rings. The van der Waals surface area contributed by atoms with Crippen LogP contribution in [0.15, 0.2) is 24.3 Å². The minimum atomic E-state index is -0.0240. The van der Waals surface area contributed by atoms with Crippen LogP contribution in [0.3, 0.4) is 0 Å². The number of fused-ring (bicyclic) bond motifs is 1. The number of hydrogen-bond donors (Lipinski definition) is 2. The number of nitrogens with one attached hydrogen (secondary N) is 1. The van der Waals surface area contributed by atoms with Crippen LogP contribution in [-0.2, 0) is 13.0 Å². The van der Waals surface area contributed by atoms with Crippen molar-refractivity contribution in [3.8, 4) is 11.5 Å². The van der Waals surface area contributed by atoms with Crippen molar-refractivity contribution in [3.63, 3.8) is 0 Å². The molecule has 0 aliphatic heterocycles. The molecular weight excluding hydrogens is 346 g/mol. The number of ether oxygens (including phenoxy) is 2. The van der Waals surface area contributed by atoms with Crippen molar-refractivity contribution in [2.24, 2.45) is 0 Å². The summed E-state index contributed by atoms with van der Waals surface area (Å²) in [6.07, 6.45) is 0.366. The molecule has 2 heterocycles. The van der Waals surface area contributed by atoms with Crippen molar-refractivity contribution >= 4 is 23.2 Å². The summed E-state index contributed by atoms with van der Waals surface area (Å²) in [5.74, 6) is 2.40. The number of rotatable bonds is 7. The van der Waals surface area contributed by atoms with E-state index in [4.69, 9.17) is 26.2 Å². The highest BCUT2D eigenvalue weighted by Gasteiger charge is 2.12. The molecule has 9 heteroatoms. The highest BCUT2D eigenvalue weighted by molar-refractivity contribution is 6.29. The van der Waals surface area contributed by atoms with Gasteiger partial charge in [0.25, 0.3) is 0 Å². The first-order valence-electron chi connectivity index (χ1n) is 7.62. The van der Waals surface area contributed by atoms with Gasteiger partial charge in [-0.2, -0.15) is 4.52 Å². The largest absolute Gasteiger partial charge is 0.497 e. The summed E-state index contributed by atoms with van der Waals surface area (Å²) in [5, 5.41) is 16.9. The topological polar surface area (TPSA) is 93.8 Å². The molecule has 0 spiro atoms. The molecule has 0 amide bonds. The van der Waals surface area contributed by atoms with Gasteiger partial charge >= 0.3 is 0 Å². The fourth-order valence-electron chi connectivity index (χ4n) is 2.40. The first-order chi connectivity index (χ1) is 12.1. The van der Waals surface area contributed by atoms with Gasteiger partial charge in [-0.1, -0.05) is 11.6 Å². The van der Waals surface area contributed by atoms with Crippen LogP contribution in [0.25, 0.3) is 5.65 Å². The van der Waals surface area contributed by atoms with Gasteiger partial charge in [-0.25, -0.2) is 9.97 Å². The van der Waals surface area contributed by atoms with E-state index < -0.39 is 0 Å². The zero-order chi connectivity index (χ0) is 17.8. The standard InChI is InChI=1S/C16H18ClN5O3/c1-24-11-4-3-10(12(7-11)25-2)9-18-16-19-13(17)8-15-20-14(5-6-23)21-22(15)16/h3-4,7-8,23H,5-6,9H2,1-2H3,(H,18,19). The Labute approximate surface area is 149 Å². The van der Waals surface area contributed by atoms with E-state index in [9.17, 15) is 0 Å². The number of aromatic nitrogens is 4. The summed E-state index contributed by atoms with van der Waals surface area (Å²) in [7, 11) is 3.21. The number of halogens is 1. The quantitative estimate of drug-likeness (QED) is 0.619. The predicted octanol–water partition coefficient (Wildman–Crippen LogP) is 1.94. The second-order valence-electron chi connectivity index (χ2n) is 5.21. The van der Waals surface area contributed by atoms with Gasteiger partial charge in [0, 0.05) is 30.7 Å². The molecule has 8 nitrogen and oxygen atoms in total. The van der Waals surface area contributed by atoms with Crippen LogP contribution >= 0.6 is 11.6 Å². The minimum Gasteiger partial charge on any atom is -0.497 e. The average molecular weight is 364 g/mol. The highest BCUT2D eigenvalue weighted by atomic mass is 35.5. The first-order valence-corrected chi connectivity index (χ1v) is 8.00. The Hall–Kier alpha value is -2.58. The van der Waals surface area contributed by atoms with Crippen molar-refractivity contribution in [2.45, 2.75) is 13.0 Å². The van der Waals surface area contributed by atoms with E-state index in [1.807, 2.05) is 18.2 Å². The average Bonchev–Trinajstić information content (AvgIpc) is 3.02. The molecule has 132 valence electrons. The van der Waals surface area contributed by atoms with Crippen LogP contribution in [0.1, 0.15) is 11.4 Å². The maximum absolute atomic E-state index is 9.05. The Morgan fingerprint density at radius 2 is 2.04 bits per heavy atom. The van der Waals surface area contributed by atoms with Crippen LogP contribution in [0.5, 0.6) is 11.5 Å². The number of nitrogens with zero attached hydrogens (tertiary/aromatic N) is 4. The molecular formula is C16H18ClN5O3. The van der Waals surface area contributed by atoms with Gasteiger partial charge in [0.1, 0.15) is 16.7 Å². The van der Waals surface area contributed by atoms with E-state index in [1.165, 1.54) is 0 Å². The van der Waals surface area contributed by atoms with E-state index in [0.717, 1.165) is 5.56 Å². The SMILES string of the molecule is COc1ccc(CNc2nc(Cl)cc3nc(CCO)nn23)c(OC)c1. The van der Waals surface area contributed by atoms with Crippen LogP contribution in [0.2, 0.25) is 5.15 Å². The Balaban J connectivity index is 1.88. The molecule has 0 radical (unpaired) electrons. The van der Waals surface area contributed by atoms with Gasteiger partial charge < -0.3 is 19.9 Å². The van der Waals surface area contributed by atoms with Crippen molar-refractivity contribution in [2.75, 3.05) is 26.1 Å². The fourth-order valence-corrected chi connectivity index (χ4v) is 2.58. The van der Waals surface area contributed by atoms with E-state index in [2.05, 4.69) is 20.4 Å². The summed E-state index contributed by atoms with van der Waals surface area (Å²) >= 11 is 6.07. The number of hydrogen-bond acceptors (Lipinski definition) is 7. The van der Waals surface area contributed by atoms with Crippen molar-refractivity contribution in [1.82, 2.24) is 19.6 Å². The lowest BCUT2D eigenvalue weighted by Crippen LogP contribution is -2.09. The second kappa shape index (κ2) is 7.54. The van der Waals surface area contributed by atoms with Gasteiger partial charge in [0.15, 0.2) is 11.5 Å². The summed E-state index contributed by atoms with van der Waals surface area (Å²) in [6, 6.07) is 7.20. The molecule has 0 atom stereocenters. The Morgan fingerprint density at radius 3 is 2.76 bits per heavy atom.